The van der Waals surface area contributed by atoms with E-state index in [0.29, 0.717) is 4.47 Å². The van der Waals surface area contributed by atoms with Gasteiger partial charge in [-0.05, 0) is 18.2 Å². The summed E-state index contributed by atoms with van der Waals surface area (Å²) in [7, 11) is 0. The Morgan fingerprint density at radius 3 is 2.94 bits per heavy atom. The minimum Gasteiger partial charge on any atom is -0.434 e. The van der Waals surface area contributed by atoms with Crippen LogP contribution in [0.3, 0.4) is 0 Å². The van der Waals surface area contributed by atoms with E-state index in [1.807, 2.05) is 0 Å². The predicted molar refractivity (Wildman–Crippen MR) is 69.0 cm³/mol. The second-order valence-electron chi connectivity index (χ2n) is 3.17. The minimum absolute atomic E-state index is 0.00653. The fourth-order valence-electron chi connectivity index (χ4n) is 1.15. The van der Waals surface area contributed by atoms with Crippen molar-refractivity contribution in [1.82, 2.24) is 9.97 Å². The molecule has 0 bridgehead atoms. The highest BCUT2D eigenvalue weighted by molar-refractivity contribution is 9.10. The predicted octanol–water partition coefficient (Wildman–Crippen LogP) is 3.11. The van der Waals surface area contributed by atoms with Gasteiger partial charge in [0.2, 0.25) is 11.8 Å². The zero-order valence-corrected chi connectivity index (χ0v) is 11.2. The lowest BCUT2D eigenvalue weighted by molar-refractivity contribution is 0.427. The molecule has 0 radical (unpaired) electrons. The van der Waals surface area contributed by atoms with Crippen LogP contribution in [-0.2, 0) is 0 Å². The minimum atomic E-state index is -0.532. The number of aromatic nitrogens is 2. The Bertz CT molecular complexity index is 584. The molecule has 0 atom stereocenters. The van der Waals surface area contributed by atoms with Crippen LogP contribution in [0.4, 0.5) is 10.3 Å². The van der Waals surface area contributed by atoms with Gasteiger partial charge >= 0.3 is 0 Å². The topological polar surface area (TPSA) is 73.1 Å². The van der Waals surface area contributed by atoms with E-state index in [-0.39, 0.29) is 22.6 Å². The smallest absolute Gasteiger partial charge is 0.243 e. The van der Waals surface area contributed by atoms with Crippen LogP contribution in [0.15, 0.2) is 28.9 Å². The van der Waals surface area contributed by atoms with Crippen LogP contribution in [0.2, 0.25) is 5.02 Å². The third kappa shape index (κ3) is 2.87. The summed E-state index contributed by atoms with van der Waals surface area (Å²) < 4.78 is 19.4. The fourth-order valence-corrected chi connectivity index (χ4v) is 1.62. The van der Waals surface area contributed by atoms with Gasteiger partial charge in [0, 0.05) is 4.47 Å². The SMILES string of the molecule is NNc1ncc(Cl)c(Oc2cc(Br)ccc2F)n1. The number of anilines is 1. The number of nitrogens with zero attached hydrogens (tertiary/aromatic N) is 2. The largest absolute Gasteiger partial charge is 0.434 e. The van der Waals surface area contributed by atoms with Gasteiger partial charge in [-0.15, -0.1) is 0 Å². The zero-order valence-electron chi connectivity index (χ0n) is 8.82. The number of rotatable bonds is 3. The molecule has 0 saturated heterocycles. The molecule has 2 aromatic rings. The van der Waals surface area contributed by atoms with Crippen molar-refractivity contribution < 1.29 is 9.13 Å². The highest BCUT2D eigenvalue weighted by atomic mass is 79.9. The van der Waals surface area contributed by atoms with Crippen molar-refractivity contribution >= 4 is 33.5 Å². The van der Waals surface area contributed by atoms with E-state index >= 15 is 0 Å². The first-order valence-corrected chi connectivity index (χ1v) is 5.89. The van der Waals surface area contributed by atoms with Crippen LogP contribution < -0.4 is 16.0 Å². The highest BCUT2D eigenvalue weighted by Gasteiger charge is 2.11. The van der Waals surface area contributed by atoms with Crippen molar-refractivity contribution in [3.05, 3.63) is 39.7 Å². The van der Waals surface area contributed by atoms with Gasteiger partial charge in [0.25, 0.3) is 0 Å². The summed E-state index contributed by atoms with van der Waals surface area (Å²) in [6.07, 6.45) is 1.30. The quantitative estimate of drug-likeness (QED) is 0.667. The van der Waals surface area contributed by atoms with E-state index in [1.165, 1.54) is 18.3 Å². The third-order valence-electron chi connectivity index (χ3n) is 1.94. The highest BCUT2D eigenvalue weighted by Crippen LogP contribution is 2.30. The number of hydrogen-bond donors (Lipinski definition) is 2. The van der Waals surface area contributed by atoms with Gasteiger partial charge in [-0.25, -0.2) is 15.2 Å². The third-order valence-corrected chi connectivity index (χ3v) is 2.69. The molecule has 0 aliphatic rings. The molecular weight excluding hydrogens is 326 g/mol. The molecule has 0 amide bonds. The average molecular weight is 334 g/mol. The molecule has 94 valence electrons. The number of hydrazine groups is 1. The molecule has 0 aliphatic carbocycles. The number of hydrogen-bond acceptors (Lipinski definition) is 5. The average Bonchev–Trinajstić information content (AvgIpc) is 2.36. The lowest BCUT2D eigenvalue weighted by atomic mass is 10.3. The lowest BCUT2D eigenvalue weighted by Crippen LogP contribution is -2.10. The van der Waals surface area contributed by atoms with Crippen LogP contribution >= 0.6 is 27.5 Å². The van der Waals surface area contributed by atoms with Gasteiger partial charge in [-0.2, -0.15) is 4.98 Å². The van der Waals surface area contributed by atoms with Gasteiger partial charge < -0.3 is 4.74 Å². The maximum atomic E-state index is 13.5. The fraction of sp³-hybridized carbons (Fsp3) is 0. The van der Waals surface area contributed by atoms with Crippen molar-refractivity contribution in [2.75, 3.05) is 5.43 Å². The molecule has 0 unspecified atom stereocenters. The molecule has 0 fully saturated rings. The van der Waals surface area contributed by atoms with E-state index in [1.54, 1.807) is 6.07 Å². The van der Waals surface area contributed by atoms with E-state index in [9.17, 15) is 4.39 Å². The maximum absolute atomic E-state index is 13.5. The molecule has 1 heterocycles. The van der Waals surface area contributed by atoms with E-state index in [4.69, 9.17) is 22.2 Å². The normalized spacial score (nSPS) is 10.2. The molecule has 0 saturated carbocycles. The summed E-state index contributed by atoms with van der Waals surface area (Å²) in [5, 5.41) is 0.147. The van der Waals surface area contributed by atoms with Crippen LogP contribution in [0.5, 0.6) is 11.6 Å². The first-order valence-electron chi connectivity index (χ1n) is 4.72. The number of nitrogens with one attached hydrogen (secondary N) is 1. The summed E-state index contributed by atoms with van der Waals surface area (Å²) in [6.45, 7) is 0. The first-order chi connectivity index (χ1) is 8.60. The summed E-state index contributed by atoms with van der Waals surface area (Å²) >= 11 is 9.05. The molecule has 0 spiro atoms. The summed E-state index contributed by atoms with van der Waals surface area (Å²) in [4.78, 5) is 7.65. The van der Waals surface area contributed by atoms with Gasteiger partial charge in [0.05, 0.1) is 6.20 Å². The summed E-state index contributed by atoms with van der Waals surface area (Å²) in [5.74, 6) is 4.75. The Labute approximate surface area is 115 Å². The molecule has 3 N–H and O–H groups in total. The van der Waals surface area contributed by atoms with Crippen molar-refractivity contribution in [1.29, 1.82) is 0 Å². The van der Waals surface area contributed by atoms with Crippen molar-refractivity contribution in [2.45, 2.75) is 0 Å². The maximum Gasteiger partial charge on any atom is 0.243 e. The molecular formula is C10H7BrClFN4O. The number of nitrogens with two attached hydrogens (primary N) is 1. The molecule has 18 heavy (non-hydrogen) atoms. The van der Waals surface area contributed by atoms with Crippen LogP contribution in [0.25, 0.3) is 0 Å². The number of halogens is 3. The molecule has 1 aromatic carbocycles. The van der Waals surface area contributed by atoms with E-state index in [2.05, 4.69) is 31.3 Å². The molecule has 2 rings (SSSR count). The Kier molecular flexibility index (Phi) is 3.95. The summed E-state index contributed by atoms with van der Waals surface area (Å²) in [6, 6.07) is 4.27. The van der Waals surface area contributed by atoms with E-state index in [0.717, 1.165) is 0 Å². The molecule has 8 heteroatoms. The number of benzene rings is 1. The molecule has 1 aromatic heterocycles. The van der Waals surface area contributed by atoms with Gasteiger partial charge in [0.1, 0.15) is 5.02 Å². The second kappa shape index (κ2) is 5.47. The Morgan fingerprint density at radius 2 is 2.22 bits per heavy atom. The zero-order chi connectivity index (χ0) is 13.1. The Balaban J connectivity index is 2.36. The monoisotopic (exact) mass is 332 g/mol. The standard InChI is InChI=1S/C10H7BrClFN4O/c11-5-1-2-7(13)8(3-5)18-9-6(12)4-15-10(16-9)17-14/h1-4H,14H2,(H,15,16,17). The number of nitrogen functional groups attached to an aromatic ring is 1. The lowest BCUT2D eigenvalue weighted by Gasteiger charge is -2.08. The second-order valence-corrected chi connectivity index (χ2v) is 4.49. The molecule has 0 aliphatic heterocycles. The molecule has 5 nitrogen and oxygen atoms in total. The van der Waals surface area contributed by atoms with Crippen LogP contribution in [-0.4, -0.2) is 9.97 Å². The van der Waals surface area contributed by atoms with Gasteiger partial charge in [-0.3, -0.25) is 5.43 Å². The first kappa shape index (κ1) is 13.0. The van der Waals surface area contributed by atoms with Gasteiger partial charge in [-0.1, -0.05) is 27.5 Å². The Hall–Kier alpha value is -1.44. The van der Waals surface area contributed by atoms with Gasteiger partial charge in [0.15, 0.2) is 11.6 Å². The van der Waals surface area contributed by atoms with E-state index < -0.39 is 5.82 Å². The van der Waals surface area contributed by atoms with Crippen LogP contribution in [0, 0.1) is 5.82 Å². The van der Waals surface area contributed by atoms with Crippen molar-refractivity contribution in [3.63, 3.8) is 0 Å². The Morgan fingerprint density at radius 1 is 1.44 bits per heavy atom. The summed E-state index contributed by atoms with van der Waals surface area (Å²) in [5.41, 5.74) is 2.24. The van der Waals surface area contributed by atoms with Crippen molar-refractivity contribution in [3.8, 4) is 11.6 Å². The number of ether oxygens (including phenoxy) is 1. The van der Waals surface area contributed by atoms with Crippen molar-refractivity contribution in [2.24, 2.45) is 5.84 Å². The van der Waals surface area contributed by atoms with Crippen LogP contribution in [0.1, 0.15) is 0 Å².